The van der Waals surface area contributed by atoms with E-state index in [0.29, 0.717) is 0 Å². The van der Waals surface area contributed by atoms with Crippen LogP contribution in [0.4, 0.5) is 4.39 Å². The van der Waals surface area contributed by atoms with Gasteiger partial charge in [0.05, 0.1) is 7.11 Å². The van der Waals surface area contributed by atoms with E-state index in [-0.39, 0.29) is 11.6 Å². The van der Waals surface area contributed by atoms with Crippen LogP contribution >= 0.6 is 27.3 Å². The van der Waals surface area contributed by atoms with Crippen LogP contribution in [-0.4, -0.2) is 7.11 Å². The fourth-order valence-corrected chi connectivity index (χ4v) is 2.72. The lowest BCUT2D eigenvalue weighted by Crippen LogP contribution is -1.86. The molecule has 0 aliphatic rings. The molecule has 1 nitrogen and oxygen atoms in total. The lowest BCUT2D eigenvalue weighted by Gasteiger charge is -2.01. The van der Waals surface area contributed by atoms with Gasteiger partial charge in [-0.1, -0.05) is 0 Å². The summed E-state index contributed by atoms with van der Waals surface area (Å²) < 4.78 is 20.0. The first-order valence-corrected chi connectivity index (χ1v) is 5.30. The average Bonchev–Trinajstić information content (AvgIpc) is 2.46. The molecule has 13 heavy (non-hydrogen) atoms. The van der Waals surface area contributed by atoms with Gasteiger partial charge in [0, 0.05) is 19.9 Å². The third-order valence-electron chi connectivity index (χ3n) is 1.80. The van der Waals surface area contributed by atoms with Gasteiger partial charge in [-0.2, -0.15) is 0 Å². The zero-order valence-electron chi connectivity index (χ0n) is 6.80. The molecular weight excluding hydrogens is 255 g/mol. The summed E-state index contributed by atoms with van der Waals surface area (Å²) >= 11 is 4.89. The molecule has 2 aromatic rings. The van der Waals surface area contributed by atoms with Gasteiger partial charge in [-0.15, -0.1) is 11.3 Å². The van der Waals surface area contributed by atoms with Crippen molar-refractivity contribution in [1.29, 1.82) is 0 Å². The Morgan fingerprint density at radius 2 is 2.23 bits per heavy atom. The topological polar surface area (TPSA) is 9.23 Å². The van der Waals surface area contributed by atoms with E-state index in [1.54, 1.807) is 6.07 Å². The minimum atomic E-state index is -0.315. The Morgan fingerprint density at radius 3 is 2.92 bits per heavy atom. The highest BCUT2D eigenvalue weighted by atomic mass is 79.9. The zero-order valence-corrected chi connectivity index (χ0v) is 9.21. The second kappa shape index (κ2) is 3.27. The normalized spacial score (nSPS) is 10.7. The van der Waals surface area contributed by atoms with Gasteiger partial charge in [0.1, 0.15) is 0 Å². The molecule has 68 valence electrons. The first kappa shape index (κ1) is 8.97. The predicted octanol–water partition coefficient (Wildman–Crippen LogP) is 3.81. The molecule has 0 amide bonds. The average molecular weight is 261 g/mol. The van der Waals surface area contributed by atoms with E-state index in [4.69, 9.17) is 4.74 Å². The molecule has 0 bridgehead atoms. The number of hydrogen-bond donors (Lipinski definition) is 0. The maximum atomic E-state index is 13.2. The highest BCUT2D eigenvalue weighted by Crippen LogP contribution is 2.34. The van der Waals surface area contributed by atoms with Crippen LogP contribution in [-0.2, 0) is 0 Å². The molecule has 2 rings (SSSR count). The van der Waals surface area contributed by atoms with Crippen LogP contribution in [0.15, 0.2) is 22.0 Å². The van der Waals surface area contributed by atoms with Crippen molar-refractivity contribution in [2.75, 3.05) is 7.11 Å². The molecular formula is C9H6BrFOS. The monoisotopic (exact) mass is 260 g/mol. The third kappa shape index (κ3) is 1.44. The third-order valence-corrected chi connectivity index (χ3v) is 3.71. The fraction of sp³-hybridized carbons (Fsp3) is 0.111. The van der Waals surface area contributed by atoms with Crippen LogP contribution < -0.4 is 4.74 Å². The van der Waals surface area contributed by atoms with E-state index in [9.17, 15) is 4.39 Å². The van der Waals surface area contributed by atoms with Crippen LogP contribution in [0.1, 0.15) is 0 Å². The van der Waals surface area contributed by atoms with Crippen molar-refractivity contribution < 1.29 is 9.13 Å². The molecule has 0 N–H and O–H groups in total. The summed E-state index contributed by atoms with van der Waals surface area (Å²) in [6.07, 6.45) is 0. The first-order chi connectivity index (χ1) is 6.22. The Bertz CT molecular complexity index is 452. The predicted molar refractivity (Wildman–Crippen MR) is 56.0 cm³/mol. The molecule has 0 atom stereocenters. The van der Waals surface area contributed by atoms with Gasteiger partial charge in [-0.05, 0) is 28.1 Å². The van der Waals surface area contributed by atoms with Gasteiger partial charge >= 0.3 is 0 Å². The Kier molecular flexibility index (Phi) is 2.26. The molecule has 0 saturated carbocycles. The maximum Gasteiger partial charge on any atom is 0.166 e. The maximum absolute atomic E-state index is 13.2. The Hall–Kier alpha value is -0.610. The van der Waals surface area contributed by atoms with Crippen LogP contribution in [0.25, 0.3) is 10.1 Å². The largest absolute Gasteiger partial charge is 0.494 e. The Morgan fingerprint density at radius 1 is 1.46 bits per heavy atom. The van der Waals surface area contributed by atoms with E-state index < -0.39 is 0 Å². The Labute approximate surface area is 87.3 Å². The molecule has 1 aromatic heterocycles. The van der Waals surface area contributed by atoms with Gasteiger partial charge < -0.3 is 4.74 Å². The summed E-state index contributed by atoms with van der Waals surface area (Å²) in [7, 11) is 1.46. The lowest BCUT2D eigenvalue weighted by atomic mass is 10.2. The summed E-state index contributed by atoms with van der Waals surface area (Å²) in [6, 6.07) is 3.19. The molecule has 0 aliphatic heterocycles. The fourth-order valence-electron chi connectivity index (χ4n) is 1.15. The van der Waals surface area contributed by atoms with Gasteiger partial charge in [0.25, 0.3) is 0 Å². The summed E-state index contributed by atoms with van der Waals surface area (Å²) in [5.74, 6) is -0.0315. The van der Waals surface area contributed by atoms with Crippen LogP contribution in [0, 0.1) is 5.82 Å². The van der Waals surface area contributed by atoms with Crippen molar-refractivity contribution in [2.45, 2.75) is 0 Å². The number of hydrogen-bond acceptors (Lipinski definition) is 2. The number of thiophene rings is 1. The van der Waals surface area contributed by atoms with Crippen molar-refractivity contribution >= 4 is 37.4 Å². The van der Waals surface area contributed by atoms with Crippen molar-refractivity contribution in [2.24, 2.45) is 0 Å². The van der Waals surface area contributed by atoms with Crippen molar-refractivity contribution in [3.8, 4) is 5.75 Å². The molecule has 0 aliphatic carbocycles. The smallest absolute Gasteiger partial charge is 0.166 e. The van der Waals surface area contributed by atoms with Gasteiger partial charge in [-0.3, -0.25) is 0 Å². The van der Waals surface area contributed by atoms with E-state index in [2.05, 4.69) is 15.9 Å². The van der Waals surface area contributed by atoms with E-state index in [1.807, 2.05) is 5.38 Å². The number of rotatable bonds is 1. The first-order valence-electron chi connectivity index (χ1n) is 3.62. The van der Waals surface area contributed by atoms with E-state index in [0.717, 1.165) is 14.6 Å². The molecule has 1 aromatic carbocycles. The van der Waals surface area contributed by atoms with Crippen LogP contribution in [0.2, 0.25) is 0 Å². The highest BCUT2D eigenvalue weighted by molar-refractivity contribution is 9.10. The Balaban J connectivity index is 2.77. The summed E-state index contributed by atoms with van der Waals surface area (Å²) in [5, 5.41) is 2.92. The summed E-state index contributed by atoms with van der Waals surface area (Å²) in [4.78, 5) is 0. The van der Waals surface area contributed by atoms with Crippen molar-refractivity contribution in [3.63, 3.8) is 0 Å². The van der Waals surface area contributed by atoms with Gasteiger partial charge in [0.2, 0.25) is 0 Å². The summed E-state index contributed by atoms with van der Waals surface area (Å²) in [5.41, 5.74) is 0. The van der Waals surface area contributed by atoms with Gasteiger partial charge in [-0.25, -0.2) is 4.39 Å². The number of fused-ring (bicyclic) bond motifs is 1. The SMILES string of the molecule is COc1cc2c(Br)csc2cc1F. The van der Waals surface area contributed by atoms with E-state index >= 15 is 0 Å². The minimum Gasteiger partial charge on any atom is -0.494 e. The molecule has 0 radical (unpaired) electrons. The molecule has 0 fully saturated rings. The quantitative estimate of drug-likeness (QED) is 0.758. The zero-order chi connectivity index (χ0) is 9.42. The number of methoxy groups -OCH3 is 1. The molecule has 1 heterocycles. The van der Waals surface area contributed by atoms with Gasteiger partial charge in [0.15, 0.2) is 11.6 Å². The molecule has 0 unspecified atom stereocenters. The minimum absolute atomic E-state index is 0.284. The number of ether oxygens (including phenoxy) is 1. The van der Waals surface area contributed by atoms with Crippen molar-refractivity contribution in [3.05, 3.63) is 27.8 Å². The molecule has 4 heteroatoms. The highest BCUT2D eigenvalue weighted by Gasteiger charge is 2.08. The molecule has 0 spiro atoms. The second-order valence-corrected chi connectivity index (χ2v) is 4.33. The number of halogens is 2. The second-order valence-electron chi connectivity index (χ2n) is 2.57. The lowest BCUT2D eigenvalue weighted by molar-refractivity contribution is 0.387. The van der Waals surface area contributed by atoms with E-state index in [1.165, 1.54) is 24.5 Å². The molecule has 0 saturated heterocycles. The van der Waals surface area contributed by atoms with Crippen LogP contribution in [0.5, 0.6) is 5.75 Å². The van der Waals surface area contributed by atoms with Crippen molar-refractivity contribution in [1.82, 2.24) is 0 Å². The van der Waals surface area contributed by atoms with Crippen LogP contribution in [0.3, 0.4) is 0 Å². The number of benzene rings is 1. The standard InChI is InChI=1S/C9H6BrFOS/c1-12-8-2-5-6(10)4-13-9(5)3-7(8)11/h2-4H,1H3. The summed E-state index contributed by atoms with van der Waals surface area (Å²) in [6.45, 7) is 0.